The Morgan fingerprint density at radius 2 is 1.74 bits per heavy atom. The third kappa shape index (κ3) is 6.55. The van der Waals surface area contributed by atoms with Gasteiger partial charge in [0.2, 0.25) is 0 Å². The largest absolute Gasteiger partial charge is 1.00 e. The number of aromatic carboxylic acids is 2. The molecule has 0 aliphatic carbocycles. The van der Waals surface area contributed by atoms with E-state index in [1.165, 1.54) is 0 Å². The topological polar surface area (TPSA) is 147 Å². The molecule has 0 bridgehead atoms. The summed E-state index contributed by atoms with van der Waals surface area (Å²) in [5, 5.41) is 26.3. The first-order valence-electron chi connectivity index (χ1n) is 5.98. The van der Waals surface area contributed by atoms with Crippen LogP contribution in [0.15, 0.2) is 23.1 Å². The van der Waals surface area contributed by atoms with Crippen LogP contribution in [0.2, 0.25) is 0 Å². The molecule has 0 fully saturated rings. The maximum atomic E-state index is 12.0. The van der Waals surface area contributed by atoms with Crippen molar-refractivity contribution in [2.24, 2.45) is 0 Å². The summed E-state index contributed by atoms with van der Waals surface area (Å²) in [4.78, 5) is 21.2. The minimum atomic E-state index is -4.47. The molecule has 0 atom stereocenters. The Morgan fingerprint density at radius 3 is 2.26 bits per heavy atom. The third-order valence-corrected chi connectivity index (χ3v) is 3.78. The summed E-state index contributed by atoms with van der Waals surface area (Å²) in [7, 11) is -4.47. The fourth-order valence-corrected chi connectivity index (χ4v) is 2.58. The van der Waals surface area contributed by atoms with Gasteiger partial charge in [-0.2, -0.15) is 8.42 Å². The fraction of sp³-hybridized carbons (Fsp3) is 0.333. The molecule has 0 radical (unpaired) electrons. The molecule has 0 aliphatic heterocycles. The zero-order chi connectivity index (χ0) is 16.8. The minimum Gasteiger partial charge on any atom is -1.00 e. The summed E-state index contributed by atoms with van der Waals surface area (Å²) in [5.74, 6) is -2.93. The molecule has 0 saturated heterocycles. The molecule has 1 aromatic carbocycles. The standard InChI is InChI=1S/C12H14O9S.Na.H/c13-3-4-20-5-6-21-22(18,19)10-7-8(11(14)15)1-2-9(10)12(16)17;;/h1-2,7,13H,3-6H2,(H,14,15)(H,16,17);;/q;+1;-1. The van der Waals surface area contributed by atoms with Gasteiger partial charge in [-0.25, -0.2) is 9.59 Å². The molecule has 0 amide bonds. The van der Waals surface area contributed by atoms with Gasteiger partial charge in [-0.1, -0.05) is 0 Å². The number of hydrogen-bond donors (Lipinski definition) is 3. The molecule has 0 unspecified atom stereocenters. The maximum Gasteiger partial charge on any atom is 1.00 e. The Balaban J connectivity index is 0. The van der Waals surface area contributed by atoms with Gasteiger partial charge < -0.3 is 21.5 Å². The molecule has 1 rings (SSSR count). The summed E-state index contributed by atoms with van der Waals surface area (Å²) in [6.45, 7) is -0.783. The van der Waals surface area contributed by atoms with Crippen LogP contribution < -0.4 is 29.6 Å². The normalized spacial score (nSPS) is 10.8. The van der Waals surface area contributed by atoms with Crippen molar-refractivity contribution in [3.05, 3.63) is 29.3 Å². The Labute approximate surface area is 155 Å². The second-order valence-electron chi connectivity index (χ2n) is 3.93. The molecule has 0 heterocycles. The van der Waals surface area contributed by atoms with Gasteiger partial charge >= 0.3 is 41.5 Å². The predicted molar refractivity (Wildman–Crippen MR) is 72.5 cm³/mol. The average Bonchev–Trinajstić information content (AvgIpc) is 2.46. The van der Waals surface area contributed by atoms with Crippen LogP contribution in [0.4, 0.5) is 0 Å². The molecule has 0 saturated carbocycles. The maximum absolute atomic E-state index is 12.0. The van der Waals surface area contributed by atoms with Gasteiger partial charge in [0.15, 0.2) is 0 Å². The van der Waals surface area contributed by atoms with E-state index in [1.807, 2.05) is 0 Å². The van der Waals surface area contributed by atoms with Crippen LogP contribution in [0.5, 0.6) is 0 Å². The Hall–Kier alpha value is -1.01. The molecule has 0 spiro atoms. The van der Waals surface area contributed by atoms with E-state index < -0.39 is 39.1 Å². The minimum absolute atomic E-state index is 0. The van der Waals surface area contributed by atoms with Crippen molar-refractivity contribution < 1.29 is 73.2 Å². The van der Waals surface area contributed by atoms with E-state index >= 15 is 0 Å². The van der Waals surface area contributed by atoms with Crippen LogP contribution in [-0.4, -0.2) is 62.1 Å². The van der Waals surface area contributed by atoms with E-state index in [2.05, 4.69) is 4.18 Å². The summed E-state index contributed by atoms with van der Waals surface area (Å²) in [6.07, 6.45) is 0. The van der Waals surface area contributed by atoms with Crippen molar-refractivity contribution in [2.45, 2.75) is 4.90 Å². The molecule has 11 heteroatoms. The number of carbonyl (C=O) groups is 2. The van der Waals surface area contributed by atoms with E-state index in [9.17, 15) is 18.0 Å². The quantitative estimate of drug-likeness (QED) is 0.237. The zero-order valence-electron chi connectivity index (χ0n) is 13.3. The number of ether oxygens (including phenoxy) is 1. The van der Waals surface area contributed by atoms with Crippen LogP contribution in [0.3, 0.4) is 0 Å². The number of benzene rings is 1. The first-order chi connectivity index (χ1) is 10.3. The summed E-state index contributed by atoms with van der Waals surface area (Å²) >= 11 is 0. The monoisotopic (exact) mass is 358 g/mol. The number of aliphatic hydroxyl groups excluding tert-OH is 1. The van der Waals surface area contributed by atoms with E-state index in [0.29, 0.717) is 0 Å². The first-order valence-corrected chi connectivity index (χ1v) is 7.39. The van der Waals surface area contributed by atoms with E-state index in [-0.39, 0.29) is 56.4 Å². The Bertz CT molecular complexity index is 662. The number of carboxylic acids is 2. The predicted octanol–water partition coefficient (Wildman–Crippen LogP) is -3.09. The van der Waals surface area contributed by atoms with E-state index in [4.69, 9.17) is 20.1 Å². The Kier molecular flexibility index (Phi) is 9.54. The molecule has 0 aliphatic rings. The zero-order valence-corrected chi connectivity index (χ0v) is 15.1. The molecule has 1 aromatic rings. The SMILES string of the molecule is O=C(O)c1ccc(C(=O)O)c(S(=O)(=O)OCCOCCO)c1.[H-].[Na+]. The van der Waals surface area contributed by atoms with E-state index in [1.54, 1.807) is 0 Å². The van der Waals surface area contributed by atoms with Crippen LogP contribution in [0, 0.1) is 0 Å². The van der Waals surface area contributed by atoms with Crippen LogP contribution in [-0.2, 0) is 19.0 Å². The van der Waals surface area contributed by atoms with Crippen molar-refractivity contribution >= 4 is 22.1 Å². The van der Waals surface area contributed by atoms with Crippen LogP contribution in [0.25, 0.3) is 0 Å². The second-order valence-corrected chi connectivity index (χ2v) is 5.52. The van der Waals surface area contributed by atoms with Crippen molar-refractivity contribution in [3.63, 3.8) is 0 Å². The summed E-state index contributed by atoms with van der Waals surface area (Å²) < 4.78 is 33.4. The van der Waals surface area contributed by atoms with E-state index in [0.717, 1.165) is 18.2 Å². The Morgan fingerprint density at radius 1 is 1.09 bits per heavy atom. The van der Waals surface area contributed by atoms with Crippen LogP contribution in [0.1, 0.15) is 22.1 Å². The molecular weight excluding hydrogens is 343 g/mol. The molecule has 9 nitrogen and oxygen atoms in total. The number of carboxylic acid groups (broad SMARTS) is 2. The second kappa shape index (κ2) is 9.98. The van der Waals surface area contributed by atoms with Gasteiger partial charge in [-0.3, -0.25) is 4.18 Å². The van der Waals surface area contributed by atoms with Crippen molar-refractivity contribution in [2.75, 3.05) is 26.4 Å². The van der Waals surface area contributed by atoms with Crippen LogP contribution >= 0.6 is 0 Å². The first kappa shape index (κ1) is 22.0. The number of hydrogen-bond acceptors (Lipinski definition) is 7. The fourth-order valence-electron chi connectivity index (χ4n) is 1.47. The van der Waals surface area contributed by atoms with Crippen molar-refractivity contribution in [1.29, 1.82) is 0 Å². The van der Waals surface area contributed by atoms with Gasteiger partial charge in [0.05, 0.1) is 37.6 Å². The summed E-state index contributed by atoms with van der Waals surface area (Å²) in [5.41, 5.74) is -0.981. The number of rotatable bonds is 9. The van der Waals surface area contributed by atoms with Gasteiger partial charge in [-0.15, -0.1) is 0 Å². The smallest absolute Gasteiger partial charge is 1.00 e. The molecule has 0 aromatic heterocycles. The number of aliphatic hydroxyl groups is 1. The molecule has 124 valence electrons. The molecule has 3 N–H and O–H groups in total. The van der Waals surface area contributed by atoms with Gasteiger partial charge in [0, 0.05) is 0 Å². The summed E-state index contributed by atoms with van der Waals surface area (Å²) in [6, 6.07) is 2.58. The van der Waals surface area contributed by atoms with Crippen molar-refractivity contribution in [1.82, 2.24) is 0 Å². The van der Waals surface area contributed by atoms with Gasteiger partial charge in [-0.05, 0) is 18.2 Å². The van der Waals surface area contributed by atoms with Crippen molar-refractivity contribution in [3.8, 4) is 0 Å². The average molecular weight is 358 g/mol. The third-order valence-electron chi connectivity index (χ3n) is 2.43. The van der Waals surface area contributed by atoms with Gasteiger partial charge in [0.1, 0.15) is 4.90 Å². The van der Waals surface area contributed by atoms with Gasteiger partial charge in [0.25, 0.3) is 10.1 Å². The molecular formula is C12H15NaO9S. The molecule has 23 heavy (non-hydrogen) atoms.